The Hall–Kier alpha value is -0.940. The van der Waals surface area contributed by atoms with Gasteiger partial charge in [-0.25, -0.2) is 4.98 Å². The smallest absolute Gasteiger partial charge is 0.266 e. The molecule has 0 aromatic carbocycles. The molecule has 2 aliphatic heterocycles. The Labute approximate surface area is 124 Å². The Kier molecular flexibility index (Phi) is 4.36. The Morgan fingerprint density at radius 2 is 2.15 bits per heavy atom. The van der Waals surface area contributed by atoms with Crippen LogP contribution in [0.2, 0.25) is 0 Å². The molecule has 0 spiro atoms. The van der Waals surface area contributed by atoms with E-state index in [1.54, 1.807) is 5.51 Å². The van der Waals surface area contributed by atoms with Gasteiger partial charge >= 0.3 is 0 Å². The molecule has 0 radical (unpaired) electrons. The predicted molar refractivity (Wildman–Crippen MR) is 81.1 cm³/mol. The van der Waals surface area contributed by atoms with Crippen LogP contribution >= 0.6 is 11.3 Å². The number of amides is 1. The molecular weight excluding hydrogens is 270 g/mol. The van der Waals surface area contributed by atoms with Crippen molar-refractivity contribution in [1.29, 1.82) is 0 Å². The second-order valence-corrected chi connectivity index (χ2v) is 6.77. The van der Waals surface area contributed by atoms with Crippen LogP contribution in [0.15, 0.2) is 5.51 Å². The predicted octanol–water partition coefficient (Wildman–Crippen LogP) is 2.45. The molecule has 1 amide bonds. The first-order valence-electron chi connectivity index (χ1n) is 7.69. The minimum absolute atomic E-state index is 0.216. The number of likely N-dealkylation sites (tertiary alicyclic amines) is 1. The van der Waals surface area contributed by atoms with Gasteiger partial charge in [0, 0.05) is 12.6 Å². The quantitative estimate of drug-likeness (QED) is 0.911. The number of rotatable bonds is 2. The summed E-state index contributed by atoms with van der Waals surface area (Å²) in [7, 11) is 0. The second-order valence-electron chi connectivity index (χ2n) is 5.92. The number of hydrogen-bond donors (Lipinski definition) is 1. The van der Waals surface area contributed by atoms with Gasteiger partial charge in [0.25, 0.3) is 5.91 Å². The zero-order valence-corrected chi connectivity index (χ0v) is 12.9. The summed E-state index contributed by atoms with van der Waals surface area (Å²) in [6.07, 6.45) is 5.99. The minimum atomic E-state index is 0.216. The van der Waals surface area contributed by atoms with Crippen molar-refractivity contribution in [2.75, 3.05) is 19.6 Å². The molecule has 0 aliphatic carbocycles. The number of nitrogens with one attached hydrogen (secondary N) is 1. The van der Waals surface area contributed by atoms with Crippen molar-refractivity contribution in [3.8, 4) is 0 Å². The highest BCUT2D eigenvalue weighted by molar-refractivity contribution is 7.11. The van der Waals surface area contributed by atoms with Gasteiger partial charge in [0.05, 0.1) is 11.2 Å². The molecule has 1 aromatic heterocycles. The topological polar surface area (TPSA) is 45.2 Å². The third-order valence-corrected chi connectivity index (χ3v) is 5.59. The van der Waals surface area contributed by atoms with E-state index in [1.165, 1.54) is 37.0 Å². The Bertz CT molecular complexity index is 467. The van der Waals surface area contributed by atoms with Gasteiger partial charge in [0.1, 0.15) is 4.88 Å². The monoisotopic (exact) mass is 293 g/mol. The van der Waals surface area contributed by atoms with Crippen molar-refractivity contribution < 1.29 is 4.79 Å². The molecule has 110 valence electrons. The third kappa shape index (κ3) is 2.74. The molecule has 2 aliphatic rings. The van der Waals surface area contributed by atoms with Crippen molar-refractivity contribution in [2.24, 2.45) is 5.92 Å². The summed E-state index contributed by atoms with van der Waals surface area (Å²) in [5, 5.41) is 3.42. The number of carbonyl (C=O) groups excluding carboxylic acids is 1. The normalized spacial score (nSPS) is 24.9. The second kappa shape index (κ2) is 6.22. The molecule has 2 saturated heterocycles. The van der Waals surface area contributed by atoms with E-state index < -0.39 is 0 Å². The van der Waals surface area contributed by atoms with Gasteiger partial charge in [-0.15, -0.1) is 11.3 Å². The van der Waals surface area contributed by atoms with Crippen molar-refractivity contribution in [2.45, 2.75) is 45.1 Å². The lowest BCUT2D eigenvalue weighted by Crippen LogP contribution is -2.49. The van der Waals surface area contributed by atoms with E-state index >= 15 is 0 Å². The molecule has 2 fully saturated rings. The van der Waals surface area contributed by atoms with E-state index in [1.807, 2.05) is 6.92 Å². The lowest BCUT2D eigenvalue weighted by atomic mass is 9.84. The highest BCUT2D eigenvalue weighted by atomic mass is 32.1. The SMILES string of the molecule is Cc1ncsc1C(=O)N1CCCC[C@H]1C1CCNCC1. The fourth-order valence-electron chi connectivity index (χ4n) is 3.57. The molecule has 4 nitrogen and oxygen atoms in total. The van der Waals surface area contributed by atoms with Crippen molar-refractivity contribution in [1.82, 2.24) is 15.2 Å². The zero-order chi connectivity index (χ0) is 13.9. The van der Waals surface area contributed by atoms with Crippen molar-refractivity contribution in [3.05, 3.63) is 16.1 Å². The number of hydrogen-bond acceptors (Lipinski definition) is 4. The van der Waals surface area contributed by atoms with Gasteiger partial charge in [0.2, 0.25) is 0 Å². The van der Waals surface area contributed by atoms with E-state index in [-0.39, 0.29) is 5.91 Å². The van der Waals surface area contributed by atoms with Crippen LogP contribution in [0, 0.1) is 12.8 Å². The molecule has 0 unspecified atom stereocenters. The maximum Gasteiger partial charge on any atom is 0.266 e. The third-order valence-electron chi connectivity index (χ3n) is 4.68. The molecule has 1 atom stereocenters. The van der Waals surface area contributed by atoms with Crippen LogP contribution in [0.3, 0.4) is 0 Å². The van der Waals surface area contributed by atoms with E-state index in [4.69, 9.17) is 0 Å². The summed E-state index contributed by atoms with van der Waals surface area (Å²) < 4.78 is 0. The maximum absolute atomic E-state index is 12.8. The zero-order valence-electron chi connectivity index (χ0n) is 12.1. The van der Waals surface area contributed by atoms with Crippen molar-refractivity contribution >= 4 is 17.2 Å². The van der Waals surface area contributed by atoms with E-state index in [0.717, 1.165) is 36.6 Å². The van der Waals surface area contributed by atoms with Crippen LogP contribution in [0.25, 0.3) is 0 Å². The molecule has 1 aromatic rings. The van der Waals surface area contributed by atoms with E-state index in [9.17, 15) is 4.79 Å². The van der Waals surface area contributed by atoms with Crippen LogP contribution in [-0.2, 0) is 0 Å². The van der Waals surface area contributed by atoms with Gasteiger partial charge in [-0.05, 0) is 58.0 Å². The summed E-state index contributed by atoms with van der Waals surface area (Å²) in [6, 6.07) is 0.444. The summed E-state index contributed by atoms with van der Waals surface area (Å²) in [4.78, 5) is 20.0. The van der Waals surface area contributed by atoms with Crippen molar-refractivity contribution in [3.63, 3.8) is 0 Å². The number of aryl methyl sites for hydroxylation is 1. The lowest BCUT2D eigenvalue weighted by molar-refractivity contribution is 0.0480. The molecule has 5 heteroatoms. The van der Waals surface area contributed by atoms with Crippen LogP contribution in [-0.4, -0.2) is 41.5 Å². The number of nitrogens with zero attached hydrogens (tertiary/aromatic N) is 2. The minimum Gasteiger partial charge on any atom is -0.335 e. The first-order chi connectivity index (χ1) is 9.77. The Morgan fingerprint density at radius 3 is 2.85 bits per heavy atom. The molecule has 20 heavy (non-hydrogen) atoms. The summed E-state index contributed by atoms with van der Waals surface area (Å²) in [6.45, 7) is 5.06. The molecular formula is C15H23N3OS. The summed E-state index contributed by atoms with van der Waals surface area (Å²) in [5.74, 6) is 0.891. The number of carbonyl (C=O) groups is 1. The number of aromatic nitrogens is 1. The molecule has 1 N–H and O–H groups in total. The number of piperidine rings is 2. The van der Waals surface area contributed by atoms with E-state index in [0.29, 0.717) is 12.0 Å². The van der Waals surface area contributed by atoms with Crippen LogP contribution in [0.5, 0.6) is 0 Å². The highest BCUT2D eigenvalue weighted by Crippen LogP contribution is 2.30. The average molecular weight is 293 g/mol. The van der Waals surface area contributed by atoms with E-state index in [2.05, 4.69) is 15.2 Å². The fraction of sp³-hybridized carbons (Fsp3) is 0.733. The standard InChI is InChI=1S/C15H23N3OS/c1-11-14(20-10-17-11)15(19)18-9-3-2-4-13(18)12-5-7-16-8-6-12/h10,12-13,16H,2-9H2,1H3/t13-/m0/s1. The van der Waals surface area contributed by atoms with Gasteiger partial charge in [-0.2, -0.15) is 0 Å². The van der Waals surface area contributed by atoms with Gasteiger partial charge in [-0.3, -0.25) is 4.79 Å². The average Bonchev–Trinajstić information content (AvgIpc) is 2.93. The maximum atomic E-state index is 12.8. The fourth-order valence-corrected chi connectivity index (χ4v) is 4.32. The largest absolute Gasteiger partial charge is 0.335 e. The molecule has 0 bridgehead atoms. The van der Waals surface area contributed by atoms with Crippen LogP contribution in [0.4, 0.5) is 0 Å². The molecule has 0 saturated carbocycles. The number of thiazole rings is 1. The molecule has 3 heterocycles. The van der Waals surface area contributed by atoms with Crippen LogP contribution < -0.4 is 5.32 Å². The van der Waals surface area contributed by atoms with Gasteiger partial charge < -0.3 is 10.2 Å². The van der Waals surface area contributed by atoms with Gasteiger partial charge in [0.15, 0.2) is 0 Å². The van der Waals surface area contributed by atoms with Crippen LogP contribution in [0.1, 0.15) is 47.5 Å². The molecule has 3 rings (SSSR count). The summed E-state index contributed by atoms with van der Waals surface area (Å²) in [5.41, 5.74) is 2.67. The lowest BCUT2D eigenvalue weighted by Gasteiger charge is -2.42. The Balaban J connectivity index is 1.78. The summed E-state index contributed by atoms with van der Waals surface area (Å²) >= 11 is 1.49. The first-order valence-corrected chi connectivity index (χ1v) is 8.57. The Morgan fingerprint density at radius 1 is 1.35 bits per heavy atom. The van der Waals surface area contributed by atoms with Gasteiger partial charge in [-0.1, -0.05) is 0 Å². The highest BCUT2D eigenvalue weighted by Gasteiger charge is 2.34. The first kappa shape index (κ1) is 14.0.